The number of aliphatic hydroxyl groups excluding tert-OH is 1. The lowest BCUT2D eigenvalue weighted by Crippen LogP contribution is -2.08. The van der Waals surface area contributed by atoms with Gasteiger partial charge in [-0.2, -0.15) is 0 Å². The zero-order chi connectivity index (χ0) is 8.53. The molecule has 0 rings (SSSR count). The van der Waals surface area contributed by atoms with Gasteiger partial charge in [0, 0.05) is 0 Å². The predicted molar refractivity (Wildman–Crippen MR) is 46.4 cm³/mol. The molecular formula is C9H20O2. The van der Waals surface area contributed by atoms with E-state index in [1.54, 1.807) is 0 Å². The molecule has 0 heterocycles. The topological polar surface area (TPSA) is 29.5 Å². The Kier molecular flexibility index (Phi) is 7.96. The highest BCUT2D eigenvalue weighted by Gasteiger charge is 1.99. The van der Waals surface area contributed by atoms with Crippen LogP contribution >= 0.6 is 0 Å². The first-order valence-corrected chi connectivity index (χ1v) is 4.53. The van der Waals surface area contributed by atoms with E-state index < -0.39 is 0 Å². The molecule has 0 spiro atoms. The Hall–Kier alpha value is -0.0800. The molecule has 2 heteroatoms. The first-order valence-electron chi connectivity index (χ1n) is 4.53. The molecule has 0 aromatic carbocycles. The average molecular weight is 160 g/mol. The van der Waals surface area contributed by atoms with E-state index in [4.69, 9.17) is 9.84 Å². The quantitative estimate of drug-likeness (QED) is 0.457. The fourth-order valence-electron chi connectivity index (χ4n) is 1.07. The van der Waals surface area contributed by atoms with Crippen molar-refractivity contribution in [3.8, 4) is 0 Å². The Bertz CT molecular complexity index is 74.0. The molecule has 0 saturated heterocycles. The zero-order valence-corrected chi connectivity index (χ0v) is 7.68. The van der Waals surface area contributed by atoms with Crippen LogP contribution in [0.5, 0.6) is 0 Å². The van der Waals surface area contributed by atoms with Crippen molar-refractivity contribution >= 4 is 0 Å². The Morgan fingerprint density at radius 1 is 1.27 bits per heavy atom. The molecule has 0 aliphatic rings. The molecule has 11 heavy (non-hydrogen) atoms. The maximum atomic E-state index is 8.42. The van der Waals surface area contributed by atoms with Gasteiger partial charge in [0.2, 0.25) is 0 Å². The van der Waals surface area contributed by atoms with Gasteiger partial charge < -0.3 is 9.84 Å². The van der Waals surface area contributed by atoms with Crippen LogP contribution < -0.4 is 0 Å². The molecule has 1 N–H and O–H groups in total. The molecule has 1 unspecified atom stereocenters. The molecule has 0 aromatic heterocycles. The van der Waals surface area contributed by atoms with Crippen molar-refractivity contribution in [2.75, 3.05) is 6.79 Å². The summed E-state index contributed by atoms with van der Waals surface area (Å²) in [6.45, 7) is 4.06. The molecule has 0 saturated carbocycles. The van der Waals surface area contributed by atoms with Gasteiger partial charge in [-0.25, -0.2) is 0 Å². The number of rotatable bonds is 7. The van der Waals surface area contributed by atoms with Crippen molar-refractivity contribution in [1.82, 2.24) is 0 Å². The molecule has 0 radical (unpaired) electrons. The van der Waals surface area contributed by atoms with Gasteiger partial charge >= 0.3 is 0 Å². The van der Waals surface area contributed by atoms with E-state index in [9.17, 15) is 0 Å². The molecule has 0 bridgehead atoms. The zero-order valence-electron chi connectivity index (χ0n) is 7.68. The van der Waals surface area contributed by atoms with E-state index in [1.165, 1.54) is 25.7 Å². The highest BCUT2D eigenvalue weighted by molar-refractivity contribution is 4.49. The third-order valence-corrected chi connectivity index (χ3v) is 1.82. The van der Waals surface area contributed by atoms with Crippen LogP contribution in [0.2, 0.25) is 0 Å². The number of hydrogen-bond donors (Lipinski definition) is 1. The van der Waals surface area contributed by atoms with Crippen LogP contribution in [0.4, 0.5) is 0 Å². The summed E-state index contributed by atoms with van der Waals surface area (Å²) in [6, 6.07) is 0. The van der Waals surface area contributed by atoms with E-state index in [1.807, 2.05) is 6.92 Å². The minimum Gasteiger partial charge on any atom is -0.371 e. The first kappa shape index (κ1) is 10.9. The maximum Gasteiger partial charge on any atom is 0.143 e. The van der Waals surface area contributed by atoms with Crippen molar-refractivity contribution in [3.63, 3.8) is 0 Å². The molecule has 1 atom stereocenters. The second kappa shape index (κ2) is 8.02. The van der Waals surface area contributed by atoms with Gasteiger partial charge in [-0.3, -0.25) is 0 Å². The highest BCUT2D eigenvalue weighted by Crippen LogP contribution is 2.06. The summed E-state index contributed by atoms with van der Waals surface area (Å²) >= 11 is 0. The second-order valence-corrected chi connectivity index (χ2v) is 2.96. The van der Waals surface area contributed by atoms with Gasteiger partial charge in [-0.15, -0.1) is 0 Å². The lowest BCUT2D eigenvalue weighted by Gasteiger charge is -2.09. The molecule has 0 fully saturated rings. The highest BCUT2D eigenvalue weighted by atomic mass is 16.6. The Balaban J connectivity index is 2.97. The fraction of sp³-hybridized carbons (Fsp3) is 1.00. The number of hydrogen-bond acceptors (Lipinski definition) is 2. The second-order valence-electron chi connectivity index (χ2n) is 2.96. The smallest absolute Gasteiger partial charge is 0.143 e. The van der Waals surface area contributed by atoms with E-state index in [0.717, 1.165) is 6.42 Å². The Morgan fingerprint density at radius 3 is 2.55 bits per heavy atom. The lowest BCUT2D eigenvalue weighted by atomic mass is 10.1. The van der Waals surface area contributed by atoms with Crippen LogP contribution in [0, 0.1) is 0 Å². The van der Waals surface area contributed by atoms with E-state index in [2.05, 4.69) is 6.92 Å². The third kappa shape index (κ3) is 7.82. The molecule has 0 aliphatic heterocycles. The molecule has 0 amide bonds. The molecule has 0 aliphatic carbocycles. The summed E-state index contributed by atoms with van der Waals surface area (Å²) < 4.78 is 4.98. The summed E-state index contributed by atoms with van der Waals surface area (Å²) in [5, 5.41) is 8.42. The molecule has 0 aromatic rings. The summed E-state index contributed by atoms with van der Waals surface area (Å²) in [6.07, 6.45) is 6.38. The largest absolute Gasteiger partial charge is 0.371 e. The maximum absolute atomic E-state index is 8.42. The summed E-state index contributed by atoms with van der Waals surface area (Å²) in [5.41, 5.74) is 0. The van der Waals surface area contributed by atoms with Gasteiger partial charge in [0.1, 0.15) is 6.79 Å². The molecule has 2 nitrogen and oxygen atoms in total. The first-order chi connectivity index (χ1) is 5.31. The minimum absolute atomic E-state index is 0.144. The summed E-state index contributed by atoms with van der Waals surface area (Å²) in [4.78, 5) is 0. The van der Waals surface area contributed by atoms with E-state index >= 15 is 0 Å². The normalized spacial score (nSPS) is 13.4. The van der Waals surface area contributed by atoms with Crippen LogP contribution in [-0.2, 0) is 4.74 Å². The van der Waals surface area contributed by atoms with Gasteiger partial charge in [-0.05, 0) is 13.3 Å². The van der Waals surface area contributed by atoms with Gasteiger partial charge in [0.05, 0.1) is 6.10 Å². The number of unbranched alkanes of at least 4 members (excludes halogenated alkanes) is 3. The summed E-state index contributed by atoms with van der Waals surface area (Å²) in [5.74, 6) is 0. The minimum atomic E-state index is -0.144. The van der Waals surface area contributed by atoms with Crippen molar-refractivity contribution in [3.05, 3.63) is 0 Å². The van der Waals surface area contributed by atoms with Gasteiger partial charge in [-0.1, -0.05) is 32.6 Å². The Morgan fingerprint density at radius 2 is 2.00 bits per heavy atom. The predicted octanol–water partition coefficient (Wildman–Crippen LogP) is 2.31. The molecular weight excluding hydrogens is 140 g/mol. The van der Waals surface area contributed by atoms with Gasteiger partial charge in [0.25, 0.3) is 0 Å². The average Bonchev–Trinajstić information content (AvgIpc) is 1.99. The SMILES string of the molecule is CCCCCCC(C)OCO. The van der Waals surface area contributed by atoms with Crippen LogP contribution in [0.3, 0.4) is 0 Å². The van der Waals surface area contributed by atoms with E-state index in [-0.39, 0.29) is 12.9 Å². The van der Waals surface area contributed by atoms with Crippen LogP contribution in [0.25, 0.3) is 0 Å². The third-order valence-electron chi connectivity index (χ3n) is 1.82. The van der Waals surface area contributed by atoms with Crippen molar-refractivity contribution in [2.24, 2.45) is 0 Å². The van der Waals surface area contributed by atoms with Crippen LogP contribution in [0.15, 0.2) is 0 Å². The molecule has 68 valence electrons. The Labute approximate surface area is 69.6 Å². The van der Waals surface area contributed by atoms with Crippen molar-refractivity contribution in [1.29, 1.82) is 0 Å². The standard InChI is InChI=1S/C9H20O2/c1-3-4-5-6-7-9(2)11-8-10/h9-10H,3-8H2,1-2H3. The van der Waals surface area contributed by atoms with Crippen molar-refractivity contribution in [2.45, 2.75) is 52.1 Å². The van der Waals surface area contributed by atoms with Gasteiger partial charge in [0.15, 0.2) is 0 Å². The van der Waals surface area contributed by atoms with Crippen LogP contribution in [-0.4, -0.2) is 18.0 Å². The van der Waals surface area contributed by atoms with Crippen LogP contribution in [0.1, 0.15) is 46.0 Å². The van der Waals surface area contributed by atoms with Crippen molar-refractivity contribution < 1.29 is 9.84 Å². The lowest BCUT2D eigenvalue weighted by molar-refractivity contribution is -0.0457. The number of ether oxygens (including phenoxy) is 1. The fourth-order valence-corrected chi connectivity index (χ4v) is 1.07. The van der Waals surface area contributed by atoms with E-state index in [0.29, 0.717) is 0 Å². The summed E-state index contributed by atoms with van der Waals surface area (Å²) in [7, 11) is 0. The monoisotopic (exact) mass is 160 g/mol. The number of aliphatic hydroxyl groups is 1.